The molecule has 156 valence electrons. The first-order valence-corrected chi connectivity index (χ1v) is 11.4. The lowest BCUT2D eigenvalue weighted by molar-refractivity contribution is -0.118. The van der Waals surface area contributed by atoms with Gasteiger partial charge < -0.3 is 10.6 Å². The summed E-state index contributed by atoms with van der Waals surface area (Å²) in [6.45, 7) is 6.10. The molecule has 0 spiro atoms. The highest BCUT2D eigenvalue weighted by Crippen LogP contribution is 2.37. The van der Waals surface area contributed by atoms with Gasteiger partial charge in [-0.05, 0) is 29.2 Å². The highest BCUT2D eigenvalue weighted by Gasteiger charge is 2.23. The lowest BCUT2D eigenvalue weighted by Crippen LogP contribution is -2.20. The number of rotatable bonds is 7. The van der Waals surface area contributed by atoms with E-state index in [-0.39, 0.29) is 17.2 Å². The minimum absolute atomic E-state index is 0.0224. The molecule has 2 N–H and O–H groups in total. The number of anilines is 2. The second-order valence-corrected chi connectivity index (χ2v) is 10.1. The molecule has 0 aliphatic rings. The number of aromatic nitrogens is 1. The molecule has 0 aliphatic carbocycles. The summed E-state index contributed by atoms with van der Waals surface area (Å²) in [6, 6.07) is 17.2. The van der Waals surface area contributed by atoms with Gasteiger partial charge in [0.05, 0.1) is 0 Å². The molecule has 0 aliphatic heterocycles. The highest BCUT2D eigenvalue weighted by atomic mass is 32.2. The minimum Gasteiger partial charge on any atom is -0.326 e. The molecule has 2 aromatic carbocycles. The summed E-state index contributed by atoms with van der Waals surface area (Å²) in [6.07, 6.45) is 2.10. The second kappa shape index (κ2) is 9.91. The quantitative estimate of drug-likeness (QED) is 0.444. The molecule has 7 heteroatoms. The second-order valence-electron chi connectivity index (χ2n) is 8.05. The van der Waals surface area contributed by atoms with E-state index in [9.17, 15) is 9.59 Å². The molecule has 0 saturated heterocycles. The molecule has 1 atom stereocenters. The molecule has 0 bridgehead atoms. The Morgan fingerprint density at radius 2 is 1.83 bits per heavy atom. The maximum absolute atomic E-state index is 13.0. The monoisotopic (exact) mass is 439 g/mol. The van der Waals surface area contributed by atoms with Crippen LogP contribution in [0.2, 0.25) is 0 Å². The topological polar surface area (TPSA) is 71.1 Å². The smallest absolute Gasteiger partial charge is 0.244 e. The largest absolute Gasteiger partial charge is 0.326 e. The van der Waals surface area contributed by atoms with Crippen molar-refractivity contribution in [3.05, 3.63) is 71.7 Å². The number of thiazole rings is 1. The van der Waals surface area contributed by atoms with E-state index < -0.39 is 5.25 Å². The zero-order chi connectivity index (χ0) is 21.6. The number of hydrogen-bond acceptors (Lipinski definition) is 5. The molecule has 1 aromatic heterocycles. The van der Waals surface area contributed by atoms with Crippen LogP contribution in [0.25, 0.3) is 0 Å². The Bertz CT molecular complexity index is 983. The predicted molar refractivity (Wildman–Crippen MR) is 125 cm³/mol. The molecule has 30 heavy (non-hydrogen) atoms. The van der Waals surface area contributed by atoms with E-state index in [1.165, 1.54) is 23.1 Å². The number of nitrogens with zero attached hydrogens (tertiary/aromatic N) is 1. The third-order valence-corrected chi connectivity index (χ3v) is 6.00. The molecule has 1 unspecified atom stereocenters. The Labute approximate surface area is 185 Å². The van der Waals surface area contributed by atoms with Crippen molar-refractivity contribution in [1.29, 1.82) is 0 Å². The van der Waals surface area contributed by atoms with Gasteiger partial charge in [-0.15, -0.1) is 23.1 Å². The molecule has 0 fully saturated rings. The van der Waals surface area contributed by atoms with Crippen LogP contribution in [0, 0.1) is 5.41 Å². The first-order valence-electron chi connectivity index (χ1n) is 9.62. The standard InChI is InChI=1S/C23H25N3O2S2/c1-23(2,3)15-19(27)25-17-10-7-11-18(14-17)30-20(16-8-5-4-6-9-16)21(28)26-22-24-12-13-29-22/h4-14,20H,15H2,1-3H3,(H,25,27)(H,24,26,28). The summed E-state index contributed by atoms with van der Waals surface area (Å²) in [5, 5.41) is 7.80. The number of carbonyl (C=O) groups is 2. The van der Waals surface area contributed by atoms with Crippen LogP contribution >= 0.6 is 23.1 Å². The van der Waals surface area contributed by atoms with E-state index in [2.05, 4.69) is 15.6 Å². The van der Waals surface area contributed by atoms with Gasteiger partial charge in [0.2, 0.25) is 11.8 Å². The van der Waals surface area contributed by atoms with Crippen molar-refractivity contribution in [2.75, 3.05) is 10.6 Å². The van der Waals surface area contributed by atoms with Gasteiger partial charge in [0, 0.05) is 28.6 Å². The molecule has 0 radical (unpaired) electrons. The van der Waals surface area contributed by atoms with Crippen molar-refractivity contribution in [2.45, 2.75) is 37.3 Å². The van der Waals surface area contributed by atoms with Gasteiger partial charge in [0.1, 0.15) is 5.25 Å². The number of carbonyl (C=O) groups excluding carboxylic acids is 2. The molecule has 3 aromatic rings. The first-order chi connectivity index (χ1) is 14.3. The molecular formula is C23H25N3O2S2. The van der Waals surface area contributed by atoms with Gasteiger partial charge in [-0.3, -0.25) is 9.59 Å². The average molecular weight is 440 g/mol. The summed E-state index contributed by atoms with van der Waals surface area (Å²) < 4.78 is 0. The normalized spacial score (nSPS) is 12.2. The van der Waals surface area contributed by atoms with Crippen LogP contribution in [0.15, 0.2) is 71.1 Å². The molecule has 1 heterocycles. The number of benzene rings is 2. The number of hydrogen-bond donors (Lipinski definition) is 2. The Morgan fingerprint density at radius 3 is 2.50 bits per heavy atom. The highest BCUT2D eigenvalue weighted by molar-refractivity contribution is 8.00. The van der Waals surface area contributed by atoms with Crippen molar-refractivity contribution in [2.24, 2.45) is 5.41 Å². The zero-order valence-corrected chi connectivity index (χ0v) is 18.8. The number of amides is 2. The maximum atomic E-state index is 13.0. The molecule has 3 rings (SSSR count). The van der Waals surface area contributed by atoms with E-state index in [4.69, 9.17) is 0 Å². The van der Waals surface area contributed by atoms with Crippen LogP contribution in [0.1, 0.15) is 38.0 Å². The van der Waals surface area contributed by atoms with Crippen molar-refractivity contribution in [1.82, 2.24) is 4.98 Å². The fraction of sp³-hybridized carbons (Fsp3) is 0.261. The number of nitrogens with one attached hydrogen (secondary N) is 2. The molecule has 2 amide bonds. The lowest BCUT2D eigenvalue weighted by Gasteiger charge is -2.18. The minimum atomic E-state index is -0.448. The third-order valence-electron chi connectivity index (χ3n) is 4.07. The van der Waals surface area contributed by atoms with Crippen LogP contribution in [0.5, 0.6) is 0 Å². The van der Waals surface area contributed by atoms with E-state index in [0.29, 0.717) is 11.6 Å². The Balaban J connectivity index is 1.77. The Morgan fingerprint density at radius 1 is 1.07 bits per heavy atom. The van der Waals surface area contributed by atoms with Crippen LogP contribution in [-0.2, 0) is 9.59 Å². The van der Waals surface area contributed by atoms with Gasteiger partial charge in [-0.25, -0.2) is 4.98 Å². The van der Waals surface area contributed by atoms with Crippen LogP contribution in [0.3, 0.4) is 0 Å². The maximum Gasteiger partial charge on any atom is 0.244 e. The summed E-state index contributed by atoms with van der Waals surface area (Å²) in [5.74, 6) is -0.158. The summed E-state index contributed by atoms with van der Waals surface area (Å²) >= 11 is 2.82. The van der Waals surface area contributed by atoms with Gasteiger partial charge >= 0.3 is 0 Å². The summed E-state index contributed by atoms with van der Waals surface area (Å²) in [5.41, 5.74) is 1.54. The van der Waals surface area contributed by atoms with E-state index in [1.807, 2.05) is 80.7 Å². The molecule has 5 nitrogen and oxygen atoms in total. The molecular weight excluding hydrogens is 414 g/mol. The van der Waals surface area contributed by atoms with Crippen LogP contribution < -0.4 is 10.6 Å². The fourth-order valence-electron chi connectivity index (χ4n) is 2.83. The van der Waals surface area contributed by atoms with Crippen LogP contribution in [0.4, 0.5) is 10.8 Å². The van der Waals surface area contributed by atoms with Gasteiger partial charge in [-0.1, -0.05) is 57.2 Å². The van der Waals surface area contributed by atoms with Crippen molar-refractivity contribution in [3.8, 4) is 0 Å². The Hall–Kier alpha value is -2.64. The van der Waals surface area contributed by atoms with Crippen LogP contribution in [-0.4, -0.2) is 16.8 Å². The van der Waals surface area contributed by atoms with Crippen molar-refractivity contribution in [3.63, 3.8) is 0 Å². The fourth-order valence-corrected chi connectivity index (χ4v) is 4.44. The van der Waals surface area contributed by atoms with E-state index >= 15 is 0 Å². The van der Waals surface area contributed by atoms with E-state index in [1.54, 1.807) is 6.20 Å². The zero-order valence-electron chi connectivity index (χ0n) is 17.2. The first kappa shape index (κ1) is 22.1. The van der Waals surface area contributed by atoms with Crippen molar-refractivity contribution < 1.29 is 9.59 Å². The third kappa shape index (κ3) is 6.71. The van der Waals surface area contributed by atoms with Gasteiger partial charge in [0.15, 0.2) is 5.13 Å². The van der Waals surface area contributed by atoms with Crippen molar-refractivity contribution >= 4 is 45.7 Å². The average Bonchev–Trinajstić information content (AvgIpc) is 3.18. The summed E-state index contributed by atoms with van der Waals surface area (Å²) in [4.78, 5) is 30.3. The number of thioether (sulfide) groups is 1. The van der Waals surface area contributed by atoms with Gasteiger partial charge in [0.25, 0.3) is 0 Å². The predicted octanol–water partition coefficient (Wildman–Crippen LogP) is 5.99. The summed E-state index contributed by atoms with van der Waals surface area (Å²) in [7, 11) is 0. The SMILES string of the molecule is CC(C)(C)CC(=O)Nc1cccc(SC(C(=O)Nc2nccs2)c2ccccc2)c1. The molecule has 0 saturated carbocycles. The van der Waals surface area contributed by atoms with E-state index in [0.717, 1.165) is 16.1 Å². The Kier molecular flexibility index (Phi) is 7.29. The lowest BCUT2D eigenvalue weighted by atomic mass is 9.92. The van der Waals surface area contributed by atoms with Gasteiger partial charge in [-0.2, -0.15) is 0 Å².